The van der Waals surface area contributed by atoms with E-state index in [1.807, 2.05) is 6.92 Å². The second kappa shape index (κ2) is 6.41. The number of hydrogen-bond donors (Lipinski definition) is 2. The van der Waals surface area contributed by atoms with Gasteiger partial charge in [0, 0.05) is 28.9 Å². The van der Waals surface area contributed by atoms with Crippen LogP contribution < -0.4 is 5.32 Å². The van der Waals surface area contributed by atoms with Crippen molar-refractivity contribution in [3.8, 4) is 0 Å². The average molecular weight is 345 g/mol. The molecule has 3 aromatic rings. The summed E-state index contributed by atoms with van der Waals surface area (Å²) in [6, 6.07) is 4.98. The van der Waals surface area contributed by atoms with Crippen LogP contribution in [-0.2, 0) is 4.79 Å². The van der Waals surface area contributed by atoms with Crippen LogP contribution in [0.5, 0.6) is 0 Å². The molecule has 0 aliphatic carbocycles. The van der Waals surface area contributed by atoms with Gasteiger partial charge in [-0.3, -0.25) is 14.9 Å². The summed E-state index contributed by atoms with van der Waals surface area (Å²) in [6.07, 6.45) is 4.16. The number of nitrogens with zero attached hydrogens (tertiary/aromatic N) is 2. The predicted octanol–water partition coefficient (Wildman–Crippen LogP) is 4.02. The van der Waals surface area contributed by atoms with Crippen molar-refractivity contribution >= 4 is 40.2 Å². The minimum atomic E-state index is -0.471. The Bertz CT molecular complexity index is 965. The van der Waals surface area contributed by atoms with Crippen molar-refractivity contribution in [3.63, 3.8) is 0 Å². The molecule has 2 heterocycles. The van der Waals surface area contributed by atoms with Crippen LogP contribution in [0, 0.1) is 19.7 Å². The van der Waals surface area contributed by atoms with Gasteiger partial charge in [-0.05, 0) is 26.0 Å². The van der Waals surface area contributed by atoms with E-state index in [-0.39, 0.29) is 11.1 Å². The van der Waals surface area contributed by atoms with Crippen molar-refractivity contribution in [2.75, 3.05) is 5.32 Å². The number of H-pyrrole nitrogens is 1. The summed E-state index contributed by atoms with van der Waals surface area (Å²) in [6.45, 7) is 3.57. The summed E-state index contributed by atoms with van der Waals surface area (Å²) in [5, 5.41) is 10.5. The van der Waals surface area contributed by atoms with E-state index in [1.54, 1.807) is 25.1 Å². The van der Waals surface area contributed by atoms with Crippen LogP contribution in [0.25, 0.3) is 17.0 Å². The van der Waals surface area contributed by atoms with Crippen molar-refractivity contribution in [3.05, 3.63) is 58.3 Å². The normalized spacial score (nSPS) is 11.3. The van der Waals surface area contributed by atoms with Gasteiger partial charge in [-0.25, -0.2) is 4.39 Å². The highest BCUT2D eigenvalue weighted by Crippen LogP contribution is 2.22. The van der Waals surface area contributed by atoms with Gasteiger partial charge < -0.3 is 5.32 Å². The molecule has 0 aliphatic heterocycles. The van der Waals surface area contributed by atoms with Crippen molar-refractivity contribution in [2.24, 2.45) is 0 Å². The first-order valence-corrected chi connectivity index (χ1v) is 7.58. The molecule has 0 saturated carbocycles. The van der Waals surface area contributed by atoms with Crippen LogP contribution in [0.3, 0.4) is 0 Å². The van der Waals surface area contributed by atoms with Gasteiger partial charge in [0.25, 0.3) is 0 Å². The number of aryl methyl sites for hydroxylation is 2. The van der Waals surface area contributed by atoms with Crippen LogP contribution in [-0.4, -0.2) is 21.1 Å². The molecule has 24 heavy (non-hydrogen) atoms. The van der Waals surface area contributed by atoms with E-state index in [2.05, 4.69) is 20.5 Å². The lowest BCUT2D eigenvalue weighted by molar-refractivity contribution is -0.111. The lowest BCUT2D eigenvalue weighted by Crippen LogP contribution is -2.09. The third-order valence-electron chi connectivity index (χ3n) is 3.61. The summed E-state index contributed by atoms with van der Waals surface area (Å²) in [5.41, 5.74) is 2.48. The summed E-state index contributed by atoms with van der Waals surface area (Å²) in [5.74, 6) is -0.874. The second-order valence-electron chi connectivity index (χ2n) is 5.32. The van der Waals surface area contributed by atoms with E-state index >= 15 is 0 Å². The lowest BCUT2D eigenvalue weighted by Gasteiger charge is -2.05. The Labute approximate surface area is 142 Å². The molecule has 2 aromatic heterocycles. The minimum absolute atomic E-state index is 0.255. The van der Waals surface area contributed by atoms with E-state index in [4.69, 9.17) is 11.6 Å². The van der Waals surface area contributed by atoms with Crippen molar-refractivity contribution in [2.45, 2.75) is 13.8 Å². The first-order valence-electron chi connectivity index (χ1n) is 7.20. The molecule has 1 aromatic carbocycles. The fourth-order valence-electron chi connectivity index (χ4n) is 2.29. The number of nitrogens with one attached hydrogen (secondary N) is 2. The van der Waals surface area contributed by atoms with E-state index in [1.165, 1.54) is 18.3 Å². The smallest absolute Gasteiger partial charge is 0.248 e. The average Bonchev–Trinajstić information content (AvgIpc) is 2.92. The Hall–Kier alpha value is -2.73. The zero-order chi connectivity index (χ0) is 17.3. The summed E-state index contributed by atoms with van der Waals surface area (Å²) < 4.78 is 14.4. The van der Waals surface area contributed by atoms with E-state index in [0.29, 0.717) is 16.4 Å². The molecule has 0 radical (unpaired) electrons. The summed E-state index contributed by atoms with van der Waals surface area (Å²) in [7, 11) is 0. The number of aromatic amines is 1. The molecule has 0 bridgehead atoms. The predicted molar refractivity (Wildman–Crippen MR) is 92.4 cm³/mol. The molecule has 0 fully saturated rings. The number of amides is 1. The third-order valence-corrected chi connectivity index (χ3v) is 3.82. The highest BCUT2D eigenvalue weighted by Gasteiger charge is 2.10. The van der Waals surface area contributed by atoms with Gasteiger partial charge in [0.2, 0.25) is 5.91 Å². The van der Waals surface area contributed by atoms with Gasteiger partial charge in [0.1, 0.15) is 5.52 Å². The van der Waals surface area contributed by atoms with Crippen LogP contribution in [0.15, 0.2) is 30.5 Å². The molecule has 7 heteroatoms. The maximum absolute atomic E-state index is 14.4. The Morgan fingerprint density at radius 2 is 2.17 bits per heavy atom. The molecule has 3 rings (SSSR count). The maximum atomic E-state index is 14.4. The third kappa shape index (κ3) is 3.14. The van der Waals surface area contributed by atoms with E-state index in [9.17, 15) is 9.18 Å². The summed E-state index contributed by atoms with van der Waals surface area (Å²) >= 11 is 5.86. The zero-order valence-electron chi connectivity index (χ0n) is 13.0. The van der Waals surface area contributed by atoms with Gasteiger partial charge in [0.05, 0.1) is 16.4 Å². The van der Waals surface area contributed by atoms with Crippen molar-refractivity contribution in [1.82, 2.24) is 15.2 Å². The number of pyridine rings is 1. The largest absolute Gasteiger partial charge is 0.321 e. The molecule has 122 valence electrons. The quantitative estimate of drug-likeness (QED) is 0.705. The van der Waals surface area contributed by atoms with Gasteiger partial charge in [-0.2, -0.15) is 5.10 Å². The first-order chi connectivity index (χ1) is 11.5. The minimum Gasteiger partial charge on any atom is -0.321 e. The Morgan fingerprint density at radius 1 is 1.38 bits per heavy atom. The molecule has 0 aliphatic rings. The number of hydrogen-bond acceptors (Lipinski definition) is 3. The number of carbonyl (C=O) groups is 1. The van der Waals surface area contributed by atoms with Crippen LogP contribution >= 0.6 is 11.6 Å². The SMILES string of the molecule is Cc1ncc(Cl)cc1NC(=O)/C=C/c1ccc2c(C)[nH]nc2c1F. The number of benzene rings is 1. The van der Waals surface area contributed by atoms with Gasteiger partial charge in [0.15, 0.2) is 5.82 Å². The number of rotatable bonds is 3. The number of halogens is 2. The Kier molecular flexibility index (Phi) is 4.31. The Morgan fingerprint density at radius 3 is 2.96 bits per heavy atom. The van der Waals surface area contributed by atoms with Crippen LogP contribution in [0.1, 0.15) is 17.0 Å². The Balaban J connectivity index is 1.81. The molecule has 5 nitrogen and oxygen atoms in total. The summed E-state index contributed by atoms with van der Waals surface area (Å²) in [4.78, 5) is 16.1. The molecule has 0 saturated heterocycles. The molecule has 0 atom stereocenters. The molecule has 1 amide bonds. The topological polar surface area (TPSA) is 70.7 Å². The molecular weight excluding hydrogens is 331 g/mol. The second-order valence-corrected chi connectivity index (χ2v) is 5.76. The van der Waals surface area contributed by atoms with Crippen molar-refractivity contribution in [1.29, 1.82) is 0 Å². The number of fused-ring (bicyclic) bond motifs is 1. The maximum Gasteiger partial charge on any atom is 0.248 e. The van der Waals surface area contributed by atoms with Gasteiger partial charge in [-0.1, -0.05) is 23.7 Å². The van der Waals surface area contributed by atoms with Crippen LogP contribution in [0.4, 0.5) is 10.1 Å². The highest BCUT2D eigenvalue weighted by atomic mass is 35.5. The highest BCUT2D eigenvalue weighted by molar-refractivity contribution is 6.30. The standard InChI is InChI=1S/C17H14ClFN4O/c1-9-13-5-3-11(16(19)17(13)23-22-9)4-6-15(24)21-14-7-12(18)8-20-10(14)2/h3-8H,1-2H3,(H,21,24)(H,22,23)/b6-4+. The van der Waals surface area contributed by atoms with E-state index < -0.39 is 11.7 Å². The molecule has 2 N–H and O–H groups in total. The molecular formula is C17H14ClFN4O. The number of aromatic nitrogens is 3. The van der Waals surface area contributed by atoms with Crippen molar-refractivity contribution < 1.29 is 9.18 Å². The zero-order valence-corrected chi connectivity index (χ0v) is 13.8. The van der Waals surface area contributed by atoms with Crippen LogP contribution in [0.2, 0.25) is 5.02 Å². The van der Waals surface area contributed by atoms with E-state index in [0.717, 1.165) is 11.1 Å². The van der Waals surface area contributed by atoms with Gasteiger partial charge in [-0.15, -0.1) is 0 Å². The molecule has 0 spiro atoms. The first kappa shape index (κ1) is 16.1. The monoisotopic (exact) mass is 344 g/mol. The fourth-order valence-corrected chi connectivity index (χ4v) is 2.45. The lowest BCUT2D eigenvalue weighted by atomic mass is 10.1. The number of carbonyl (C=O) groups excluding carboxylic acids is 1. The van der Waals surface area contributed by atoms with Gasteiger partial charge >= 0.3 is 0 Å². The fraction of sp³-hybridized carbons (Fsp3) is 0.118. The number of anilines is 1. The molecule has 0 unspecified atom stereocenters.